The second kappa shape index (κ2) is 9.45. The second-order valence-electron chi connectivity index (χ2n) is 5.24. The summed E-state index contributed by atoms with van der Waals surface area (Å²) in [6.07, 6.45) is 1.45. The lowest BCUT2D eigenvalue weighted by atomic mass is 10.1. The highest BCUT2D eigenvalue weighted by Gasteiger charge is 2.17. The first-order valence-electron chi connectivity index (χ1n) is 8.01. The second-order valence-corrected chi connectivity index (χ2v) is 5.24. The predicted octanol–water partition coefficient (Wildman–Crippen LogP) is 1.39. The Hall–Kier alpha value is -2.85. The monoisotopic (exact) mass is 344 g/mol. The summed E-state index contributed by atoms with van der Waals surface area (Å²) in [5.41, 5.74) is 0.592. The van der Waals surface area contributed by atoms with Crippen LogP contribution in [-0.4, -0.2) is 56.3 Å². The van der Waals surface area contributed by atoms with E-state index in [9.17, 15) is 9.59 Å². The summed E-state index contributed by atoms with van der Waals surface area (Å²) in [7, 11) is 0. The first kappa shape index (κ1) is 18.5. The standard InChI is InChI=1S/C18H20N2O5/c1-2-24-18(22)15(12-19)11-14-3-5-16(6-4-14)25-13-17(21)20-7-9-23-10-8-20/h3-6,11H,2,7-10,13H2,1H3/b15-11+. The molecule has 132 valence electrons. The van der Waals surface area contributed by atoms with Crippen molar-refractivity contribution in [3.63, 3.8) is 0 Å². The smallest absolute Gasteiger partial charge is 0.348 e. The topological polar surface area (TPSA) is 88.9 Å². The maximum atomic E-state index is 12.0. The van der Waals surface area contributed by atoms with Gasteiger partial charge in [0.1, 0.15) is 17.4 Å². The van der Waals surface area contributed by atoms with E-state index in [0.29, 0.717) is 37.6 Å². The molecule has 1 aromatic rings. The molecule has 0 spiro atoms. The minimum atomic E-state index is -0.651. The number of benzene rings is 1. The first-order valence-corrected chi connectivity index (χ1v) is 8.01. The highest BCUT2D eigenvalue weighted by atomic mass is 16.5. The first-order chi connectivity index (χ1) is 12.1. The third-order valence-corrected chi connectivity index (χ3v) is 3.53. The van der Waals surface area contributed by atoms with E-state index in [1.807, 2.05) is 6.07 Å². The van der Waals surface area contributed by atoms with Crippen LogP contribution >= 0.6 is 0 Å². The zero-order valence-corrected chi connectivity index (χ0v) is 14.1. The Labute approximate surface area is 146 Å². The van der Waals surface area contributed by atoms with Gasteiger partial charge in [-0.25, -0.2) is 4.79 Å². The SMILES string of the molecule is CCOC(=O)/C(C#N)=C/c1ccc(OCC(=O)N2CCOCC2)cc1. The summed E-state index contributed by atoms with van der Waals surface area (Å²) in [5.74, 6) is -0.198. The number of hydrogen-bond acceptors (Lipinski definition) is 6. The Balaban J connectivity index is 1.92. The molecule has 0 atom stereocenters. The number of carbonyl (C=O) groups is 2. The van der Waals surface area contributed by atoms with E-state index in [-0.39, 0.29) is 24.7 Å². The molecule has 0 bridgehead atoms. The van der Waals surface area contributed by atoms with Crippen LogP contribution in [0, 0.1) is 11.3 Å². The number of nitriles is 1. The van der Waals surface area contributed by atoms with Crippen LogP contribution in [0.3, 0.4) is 0 Å². The average molecular weight is 344 g/mol. The Kier molecular flexibility index (Phi) is 6.99. The average Bonchev–Trinajstić information content (AvgIpc) is 2.66. The van der Waals surface area contributed by atoms with Gasteiger partial charge in [0.05, 0.1) is 19.8 Å². The van der Waals surface area contributed by atoms with E-state index in [1.54, 1.807) is 36.1 Å². The molecule has 1 heterocycles. The van der Waals surface area contributed by atoms with Crippen molar-refractivity contribution in [3.8, 4) is 11.8 Å². The summed E-state index contributed by atoms with van der Waals surface area (Å²) in [5, 5.41) is 9.01. The number of morpholine rings is 1. The number of rotatable bonds is 6. The fourth-order valence-corrected chi connectivity index (χ4v) is 2.22. The fraction of sp³-hybridized carbons (Fsp3) is 0.389. The molecule has 0 saturated carbocycles. The minimum Gasteiger partial charge on any atom is -0.484 e. The zero-order chi connectivity index (χ0) is 18.1. The molecule has 25 heavy (non-hydrogen) atoms. The Morgan fingerprint density at radius 3 is 2.56 bits per heavy atom. The van der Waals surface area contributed by atoms with Crippen molar-refractivity contribution in [1.82, 2.24) is 4.90 Å². The van der Waals surface area contributed by atoms with Crippen molar-refractivity contribution in [1.29, 1.82) is 5.26 Å². The Morgan fingerprint density at radius 2 is 1.96 bits per heavy atom. The number of esters is 1. The molecular weight excluding hydrogens is 324 g/mol. The van der Waals surface area contributed by atoms with Crippen LogP contribution in [0.25, 0.3) is 6.08 Å². The summed E-state index contributed by atoms with van der Waals surface area (Å²) in [4.78, 5) is 25.3. The number of hydrogen-bond donors (Lipinski definition) is 0. The van der Waals surface area contributed by atoms with Crippen LogP contribution in [0.2, 0.25) is 0 Å². The van der Waals surface area contributed by atoms with Crippen molar-refractivity contribution in [3.05, 3.63) is 35.4 Å². The molecule has 1 aliphatic rings. The summed E-state index contributed by atoms with van der Waals surface area (Å²) < 4.78 is 15.5. The van der Waals surface area contributed by atoms with Crippen LogP contribution in [0.1, 0.15) is 12.5 Å². The van der Waals surface area contributed by atoms with Gasteiger partial charge in [-0.2, -0.15) is 5.26 Å². The molecule has 0 radical (unpaired) electrons. The Bertz CT molecular complexity index is 670. The minimum absolute atomic E-state index is 0.0402. The molecule has 1 fully saturated rings. The molecule has 2 rings (SSSR count). The lowest BCUT2D eigenvalue weighted by molar-refractivity contribution is -0.138. The largest absolute Gasteiger partial charge is 0.484 e. The van der Waals surface area contributed by atoms with Crippen molar-refractivity contribution >= 4 is 18.0 Å². The third kappa shape index (κ3) is 5.62. The highest BCUT2D eigenvalue weighted by molar-refractivity contribution is 5.97. The molecule has 0 aliphatic carbocycles. The van der Waals surface area contributed by atoms with Gasteiger partial charge in [-0.05, 0) is 30.7 Å². The van der Waals surface area contributed by atoms with E-state index < -0.39 is 5.97 Å². The van der Waals surface area contributed by atoms with E-state index >= 15 is 0 Å². The number of carbonyl (C=O) groups excluding carboxylic acids is 2. The van der Waals surface area contributed by atoms with Crippen LogP contribution in [0.5, 0.6) is 5.75 Å². The quantitative estimate of drug-likeness (QED) is 0.440. The summed E-state index contributed by atoms with van der Waals surface area (Å²) in [6, 6.07) is 8.58. The maximum absolute atomic E-state index is 12.0. The molecule has 1 aliphatic heterocycles. The fourth-order valence-electron chi connectivity index (χ4n) is 2.22. The number of ether oxygens (including phenoxy) is 3. The van der Waals surface area contributed by atoms with Gasteiger partial charge >= 0.3 is 5.97 Å². The zero-order valence-electron chi connectivity index (χ0n) is 14.1. The normalized spacial score (nSPS) is 14.6. The Morgan fingerprint density at radius 1 is 1.28 bits per heavy atom. The molecule has 1 saturated heterocycles. The van der Waals surface area contributed by atoms with Crippen LogP contribution < -0.4 is 4.74 Å². The molecule has 0 unspecified atom stereocenters. The molecule has 7 nitrogen and oxygen atoms in total. The van der Waals surface area contributed by atoms with Gasteiger partial charge in [0, 0.05) is 13.1 Å². The van der Waals surface area contributed by atoms with Crippen LogP contribution in [0.4, 0.5) is 0 Å². The van der Waals surface area contributed by atoms with Crippen molar-refractivity contribution in [2.24, 2.45) is 0 Å². The number of nitrogens with zero attached hydrogens (tertiary/aromatic N) is 2. The molecule has 7 heteroatoms. The van der Waals surface area contributed by atoms with Gasteiger partial charge in [0.25, 0.3) is 5.91 Å². The lowest BCUT2D eigenvalue weighted by Crippen LogP contribution is -2.42. The van der Waals surface area contributed by atoms with E-state index in [2.05, 4.69) is 0 Å². The van der Waals surface area contributed by atoms with E-state index in [4.69, 9.17) is 19.5 Å². The predicted molar refractivity (Wildman–Crippen MR) is 89.6 cm³/mol. The molecular formula is C18H20N2O5. The van der Waals surface area contributed by atoms with Gasteiger partial charge in [-0.15, -0.1) is 0 Å². The van der Waals surface area contributed by atoms with Crippen LogP contribution in [0.15, 0.2) is 29.8 Å². The van der Waals surface area contributed by atoms with Gasteiger partial charge in [-0.1, -0.05) is 12.1 Å². The molecule has 0 aromatic heterocycles. The maximum Gasteiger partial charge on any atom is 0.348 e. The third-order valence-electron chi connectivity index (χ3n) is 3.53. The van der Waals surface area contributed by atoms with E-state index in [0.717, 1.165) is 0 Å². The number of amides is 1. The van der Waals surface area contributed by atoms with Gasteiger partial charge in [0.15, 0.2) is 6.61 Å². The van der Waals surface area contributed by atoms with Gasteiger partial charge < -0.3 is 19.1 Å². The molecule has 1 aromatic carbocycles. The summed E-state index contributed by atoms with van der Waals surface area (Å²) >= 11 is 0. The van der Waals surface area contributed by atoms with Crippen LogP contribution in [-0.2, 0) is 19.1 Å². The van der Waals surface area contributed by atoms with E-state index in [1.165, 1.54) is 6.08 Å². The van der Waals surface area contributed by atoms with Crippen molar-refractivity contribution in [2.45, 2.75) is 6.92 Å². The van der Waals surface area contributed by atoms with Gasteiger partial charge in [0.2, 0.25) is 0 Å². The highest BCUT2D eigenvalue weighted by Crippen LogP contribution is 2.15. The molecule has 0 N–H and O–H groups in total. The molecule has 1 amide bonds. The lowest BCUT2D eigenvalue weighted by Gasteiger charge is -2.26. The van der Waals surface area contributed by atoms with Gasteiger partial charge in [-0.3, -0.25) is 4.79 Å². The van der Waals surface area contributed by atoms with Crippen molar-refractivity contribution in [2.75, 3.05) is 39.5 Å². The summed E-state index contributed by atoms with van der Waals surface area (Å²) in [6.45, 7) is 4.11. The van der Waals surface area contributed by atoms with Crippen molar-refractivity contribution < 1.29 is 23.8 Å².